The van der Waals surface area contributed by atoms with Crippen LogP contribution in [-0.2, 0) is 9.59 Å². The quantitative estimate of drug-likeness (QED) is 0.776. The molecule has 1 saturated carbocycles. The molecule has 2 rings (SSSR count). The Hall–Kier alpha value is -1.10. The number of nitrogens with zero attached hydrogens (tertiary/aromatic N) is 1. The minimum atomic E-state index is -0.0681. The van der Waals surface area contributed by atoms with E-state index in [4.69, 9.17) is 0 Å². The molecule has 5 heteroatoms. The van der Waals surface area contributed by atoms with Crippen molar-refractivity contribution >= 4 is 11.8 Å². The van der Waals surface area contributed by atoms with Crippen molar-refractivity contribution in [3.05, 3.63) is 0 Å². The highest BCUT2D eigenvalue weighted by molar-refractivity contribution is 5.81. The van der Waals surface area contributed by atoms with Gasteiger partial charge in [0.15, 0.2) is 0 Å². The van der Waals surface area contributed by atoms with E-state index in [1.165, 1.54) is 0 Å². The Kier molecular flexibility index (Phi) is 6.03. The van der Waals surface area contributed by atoms with Gasteiger partial charge in [-0.2, -0.15) is 0 Å². The molecule has 1 saturated heterocycles. The highest BCUT2D eigenvalue weighted by atomic mass is 16.2. The van der Waals surface area contributed by atoms with Gasteiger partial charge in [0.1, 0.15) is 0 Å². The number of likely N-dealkylation sites (N-methyl/N-ethyl adjacent to an activating group) is 1. The van der Waals surface area contributed by atoms with Crippen molar-refractivity contribution in [3.8, 4) is 0 Å². The molecule has 2 aliphatic rings. The smallest absolute Gasteiger partial charge is 0.224 e. The zero-order valence-electron chi connectivity index (χ0n) is 13.4. The molecule has 5 nitrogen and oxygen atoms in total. The van der Waals surface area contributed by atoms with E-state index in [1.54, 1.807) is 0 Å². The molecule has 1 aliphatic heterocycles. The topological polar surface area (TPSA) is 61.4 Å². The van der Waals surface area contributed by atoms with Gasteiger partial charge in [-0.25, -0.2) is 0 Å². The van der Waals surface area contributed by atoms with Gasteiger partial charge < -0.3 is 15.5 Å². The fraction of sp³-hybridized carbons (Fsp3) is 0.875. The second-order valence-electron chi connectivity index (χ2n) is 6.54. The molecule has 2 unspecified atom stereocenters. The van der Waals surface area contributed by atoms with Crippen molar-refractivity contribution in [2.45, 2.75) is 64.0 Å². The monoisotopic (exact) mass is 295 g/mol. The molecular formula is C16H29N3O2. The SMILES string of the molecule is CNCC1CCCN1C(=O)CC(C)NC(=O)C1CCCC1. The summed E-state index contributed by atoms with van der Waals surface area (Å²) in [7, 11) is 1.92. The van der Waals surface area contributed by atoms with Crippen molar-refractivity contribution in [2.24, 2.45) is 5.92 Å². The first-order valence-corrected chi connectivity index (χ1v) is 8.36. The summed E-state index contributed by atoms with van der Waals surface area (Å²) in [6, 6.07) is 0.252. The standard InChI is InChI=1S/C16H29N3O2/c1-12(18-16(21)13-6-3-4-7-13)10-15(20)19-9-5-8-14(19)11-17-2/h12-14,17H,3-11H2,1-2H3,(H,18,21). The average molecular weight is 295 g/mol. The van der Waals surface area contributed by atoms with Crippen LogP contribution in [0.2, 0.25) is 0 Å². The van der Waals surface area contributed by atoms with E-state index in [0.29, 0.717) is 12.5 Å². The Bertz CT molecular complexity index is 367. The number of hydrogen-bond acceptors (Lipinski definition) is 3. The van der Waals surface area contributed by atoms with E-state index in [1.807, 2.05) is 18.9 Å². The number of hydrogen-bond donors (Lipinski definition) is 2. The maximum Gasteiger partial charge on any atom is 0.224 e. The van der Waals surface area contributed by atoms with Gasteiger partial charge in [-0.05, 0) is 39.7 Å². The number of amides is 2. The van der Waals surface area contributed by atoms with Crippen LogP contribution in [0.1, 0.15) is 51.9 Å². The highest BCUT2D eigenvalue weighted by Crippen LogP contribution is 2.25. The van der Waals surface area contributed by atoms with E-state index >= 15 is 0 Å². The molecule has 1 heterocycles. The molecule has 2 fully saturated rings. The second-order valence-corrected chi connectivity index (χ2v) is 6.54. The fourth-order valence-electron chi connectivity index (χ4n) is 3.59. The molecule has 0 bridgehead atoms. The maximum absolute atomic E-state index is 12.4. The molecule has 0 aromatic carbocycles. The summed E-state index contributed by atoms with van der Waals surface area (Å²) >= 11 is 0. The van der Waals surface area contributed by atoms with Crippen LogP contribution in [0.4, 0.5) is 0 Å². The van der Waals surface area contributed by atoms with Gasteiger partial charge in [-0.3, -0.25) is 9.59 Å². The molecule has 2 atom stereocenters. The Morgan fingerprint density at radius 1 is 1.19 bits per heavy atom. The third kappa shape index (κ3) is 4.43. The molecule has 1 aliphatic carbocycles. The third-order valence-electron chi connectivity index (χ3n) is 4.73. The van der Waals surface area contributed by atoms with Gasteiger partial charge in [-0.1, -0.05) is 12.8 Å². The van der Waals surface area contributed by atoms with E-state index in [2.05, 4.69) is 10.6 Å². The van der Waals surface area contributed by atoms with Crippen LogP contribution in [0.3, 0.4) is 0 Å². The average Bonchev–Trinajstić information content (AvgIpc) is 3.09. The molecule has 2 N–H and O–H groups in total. The van der Waals surface area contributed by atoms with E-state index in [0.717, 1.165) is 51.6 Å². The first-order valence-electron chi connectivity index (χ1n) is 8.36. The second kappa shape index (κ2) is 7.78. The minimum Gasteiger partial charge on any atom is -0.353 e. The molecule has 0 aromatic rings. The maximum atomic E-state index is 12.4. The number of nitrogens with one attached hydrogen (secondary N) is 2. The predicted molar refractivity (Wildman–Crippen MR) is 82.8 cm³/mol. The highest BCUT2D eigenvalue weighted by Gasteiger charge is 2.29. The van der Waals surface area contributed by atoms with Crippen molar-refractivity contribution < 1.29 is 9.59 Å². The van der Waals surface area contributed by atoms with Crippen LogP contribution >= 0.6 is 0 Å². The summed E-state index contributed by atoms with van der Waals surface area (Å²) in [6.07, 6.45) is 6.90. The largest absolute Gasteiger partial charge is 0.353 e. The minimum absolute atomic E-state index is 0.0681. The molecule has 120 valence electrons. The predicted octanol–water partition coefficient (Wildman–Crippen LogP) is 1.28. The first kappa shape index (κ1) is 16.3. The number of carbonyl (C=O) groups excluding carboxylic acids is 2. The normalized spacial score (nSPS) is 24.3. The lowest BCUT2D eigenvalue weighted by molar-refractivity contribution is -0.132. The van der Waals surface area contributed by atoms with E-state index < -0.39 is 0 Å². The summed E-state index contributed by atoms with van der Waals surface area (Å²) in [4.78, 5) is 26.5. The summed E-state index contributed by atoms with van der Waals surface area (Å²) < 4.78 is 0. The number of likely N-dealkylation sites (tertiary alicyclic amines) is 1. The fourth-order valence-corrected chi connectivity index (χ4v) is 3.59. The third-order valence-corrected chi connectivity index (χ3v) is 4.73. The summed E-state index contributed by atoms with van der Waals surface area (Å²) in [6.45, 7) is 3.65. The molecular weight excluding hydrogens is 266 g/mol. The summed E-state index contributed by atoms with van der Waals surface area (Å²) in [5.74, 6) is 0.486. The Morgan fingerprint density at radius 3 is 2.57 bits per heavy atom. The molecule has 0 radical (unpaired) electrons. The lowest BCUT2D eigenvalue weighted by atomic mass is 10.1. The van der Waals surface area contributed by atoms with Gasteiger partial charge in [0, 0.05) is 37.5 Å². The van der Waals surface area contributed by atoms with E-state index in [9.17, 15) is 9.59 Å². The first-order chi connectivity index (χ1) is 10.1. The Labute approximate surface area is 127 Å². The van der Waals surface area contributed by atoms with Crippen LogP contribution < -0.4 is 10.6 Å². The van der Waals surface area contributed by atoms with Crippen LogP contribution in [0.5, 0.6) is 0 Å². The van der Waals surface area contributed by atoms with Gasteiger partial charge in [0.25, 0.3) is 0 Å². The van der Waals surface area contributed by atoms with Gasteiger partial charge >= 0.3 is 0 Å². The van der Waals surface area contributed by atoms with Crippen molar-refractivity contribution in [1.82, 2.24) is 15.5 Å². The number of rotatable bonds is 6. The molecule has 0 aromatic heterocycles. The zero-order valence-corrected chi connectivity index (χ0v) is 13.4. The molecule has 21 heavy (non-hydrogen) atoms. The molecule has 0 spiro atoms. The van der Waals surface area contributed by atoms with Gasteiger partial charge in [0.2, 0.25) is 11.8 Å². The van der Waals surface area contributed by atoms with Gasteiger partial charge in [0.05, 0.1) is 0 Å². The van der Waals surface area contributed by atoms with Crippen molar-refractivity contribution in [3.63, 3.8) is 0 Å². The van der Waals surface area contributed by atoms with Crippen LogP contribution in [-0.4, -0.2) is 48.9 Å². The van der Waals surface area contributed by atoms with Crippen molar-refractivity contribution in [2.75, 3.05) is 20.1 Å². The van der Waals surface area contributed by atoms with E-state index in [-0.39, 0.29) is 23.8 Å². The van der Waals surface area contributed by atoms with Crippen LogP contribution in [0, 0.1) is 5.92 Å². The Balaban J connectivity index is 1.77. The lowest BCUT2D eigenvalue weighted by Crippen LogP contribution is -2.44. The lowest BCUT2D eigenvalue weighted by Gasteiger charge is -2.26. The van der Waals surface area contributed by atoms with Gasteiger partial charge in [-0.15, -0.1) is 0 Å². The molecule has 2 amide bonds. The van der Waals surface area contributed by atoms with Crippen LogP contribution in [0.15, 0.2) is 0 Å². The Morgan fingerprint density at radius 2 is 1.90 bits per heavy atom. The summed E-state index contributed by atoms with van der Waals surface area (Å²) in [5.41, 5.74) is 0. The van der Waals surface area contributed by atoms with Crippen LogP contribution in [0.25, 0.3) is 0 Å². The number of carbonyl (C=O) groups is 2. The zero-order chi connectivity index (χ0) is 15.2. The van der Waals surface area contributed by atoms with Crippen molar-refractivity contribution in [1.29, 1.82) is 0 Å². The summed E-state index contributed by atoms with van der Waals surface area (Å²) in [5, 5.41) is 6.17.